The lowest BCUT2D eigenvalue weighted by Crippen LogP contribution is -2.21. The highest BCUT2D eigenvalue weighted by Crippen LogP contribution is 2.01. The van der Waals surface area contributed by atoms with Crippen LogP contribution in [0, 0.1) is 0 Å². The van der Waals surface area contributed by atoms with E-state index in [-0.39, 0.29) is 5.56 Å². The van der Waals surface area contributed by atoms with Crippen molar-refractivity contribution in [3.63, 3.8) is 0 Å². The Hall–Kier alpha value is -1.65. The minimum atomic E-state index is -1.22. The van der Waals surface area contributed by atoms with Crippen molar-refractivity contribution in [3.8, 4) is 0 Å². The highest BCUT2D eigenvalue weighted by molar-refractivity contribution is 5.88. The molecule has 2 N–H and O–H groups in total. The summed E-state index contributed by atoms with van der Waals surface area (Å²) in [5.41, 5.74) is -0.492. The Bertz CT molecular complexity index is 370. The monoisotopic (exact) mass is 182 g/mol. The van der Waals surface area contributed by atoms with E-state index in [9.17, 15) is 9.59 Å². The number of aromatic amines is 1. The van der Waals surface area contributed by atoms with Gasteiger partial charge in [0.2, 0.25) is 0 Å². The van der Waals surface area contributed by atoms with Crippen molar-refractivity contribution in [3.05, 3.63) is 27.9 Å². The molecule has 0 aliphatic rings. The van der Waals surface area contributed by atoms with E-state index in [1.165, 1.54) is 6.33 Å². The van der Waals surface area contributed by atoms with Gasteiger partial charge in [0.05, 0.1) is 12.0 Å². The first-order chi connectivity index (χ1) is 6.16. The molecule has 0 saturated heterocycles. The fourth-order valence-corrected chi connectivity index (χ4v) is 1.08. The van der Waals surface area contributed by atoms with E-state index in [1.54, 1.807) is 0 Å². The maximum atomic E-state index is 11.1. The zero-order valence-electron chi connectivity index (χ0n) is 7.20. The van der Waals surface area contributed by atoms with Crippen molar-refractivity contribution in [2.24, 2.45) is 0 Å². The predicted octanol–water partition coefficient (Wildman–Crippen LogP) is 0.421. The number of hydrogen-bond acceptors (Lipinski definition) is 3. The molecule has 5 heteroatoms. The van der Waals surface area contributed by atoms with Crippen LogP contribution >= 0.6 is 0 Å². The molecular weight excluding hydrogens is 172 g/mol. The van der Waals surface area contributed by atoms with Gasteiger partial charge in [-0.2, -0.15) is 0 Å². The molecule has 0 radical (unpaired) electrons. The number of aryl methyl sites for hydroxylation is 1. The van der Waals surface area contributed by atoms with Crippen LogP contribution in [0.3, 0.4) is 0 Å². The third-order valence-corrected chi connectivity index (χ3v) is 1.63. The van der Waals surface area contributed by atoms with Crippen LogP contribution in [0.4, 0.5) is 0 Å². The second-order valence-electron chi connectivity index (χ2n) is 2.61. The van der Waals surface area contributed by atoms with Gasteiger partial charge in [-0.15, -0.1) is 0 Å². The molecule has 70 valence electrons. The lowest BCUT2D eigenvalue weighted by molar-refractivity contribution is 0.0693. The summed E-state index contributed by atoms with van der Waals surface area (Å²) in [5.74, 6) is -1.22. The number of hydrogen-bond donors (Lipinski definition) is 2. The summed E-state index contributed by atoms with van der Waals surface area (Å²) in [6.07, 6.45) is 2.49. The lowest BCUT2D eigenvalue weighted by atomic mass is 10.1. The highest BCUT2D eigenvalue weighted by atomic mass is 16.4. The minimum absolute atomic E-state index is 0.246. The lowest BCUT2D eigenvalue weighted by Gasteiger charge is -2.00. The van der Waals surface area contributed by atoms with Crippen LogP contribution in [0.15, 0.2) is 11.1 Å². The van der Waals surface area contributed by atoms with Crippen molar-refractivity contribution in [2.45, 2.75) is 19.8 Å². The molecule has 0 aromatic carbocycles. The molecular formula is C8H10N2O3. The van der Waals surface area contributed by atoms with Gasteiger partial charge in [-0.25, -0.2) is 9.78 Å². The predicted molar refractivity (Wildman–Crippen MR) is 45.8 cm³/mol. The average molecular weight is 182 g/mol. The van der Waals surface area contributed by atoms with Gasteiger partial charge in [-0.1, -0.05) is 13.3 Å². The zero-order valence-corrected chi connectivity index (χ0v) is 7.20. The largest absolute Gasteiger partial charge is 0.477 e. The van der Waals surface area contributed by atoms with Crippen LogP contribution in [0.2, 0.25) is 0 Å². The normalized spacial score (nSPS) is 9.92. The molecule has 13 heavy (non-hydrogen) atoms. The molecule has 0 bridgehead atoms. The fourth-order valence-electron chi connectivity index (χ4n) is 1.08. The van der Waals surface area contributed by atoms with E-state index in [4.69, 9.17) is 5.11 Å². The number of nitrogens with zero attached hydrogens (tertiary/aromatic N) is 1. The molecule has 1 aromatic heterocycles. The molecule has 0 unspecified atom stereocenters. The maximum Gasteiger partial charge on any atom is 0.343 e. The summed E-state index contributed by atoms with van der Waals surface area (Å²) in [7, 11) is 0. The highest BCUT2D eigenvalue weighted by Gasteiger charge is 2.14. The van der Waals surface area contributed by atoms with E-state index in [2.05, 4.69) is 9.97 Å². The number of H-pyrrole nitrogens is 1. The van der Waals surface area contributed by atoms with Gasteiger partial charge < -0.3 is 10.1 Å². The smallest absolute Gasteiger partial charge is 0.343 e. The first kappa shape index (κ1) is 9.44. The second kappa shape index (κ2) is 3.84. The summed E-state index contributed by atoms with van der Waals surface area (Å²) < 4.78 is 0. The molecule has 1 rings (SSSR count). The molecule has 0 aliphatic carbocycles. The number of carboxylic acid groups (broad SMARTS) is 1. The Morgan fingerprint density at radius 3 is 2.92 bits per heavy atom. The van der Waals surface area contributed by atoms with Crippen molar-refractivity contribution in [1.29, 1.82) is 0 Å². The van der Waals surface area contributed by atoms with Crippen LogP contribution in [-0.4, -0.2) is 21.0 Å². The zero-order chi connectivity index (χ0) is 9.84. The standard InChI is InChI=1S/C8H10N2O3/c1-2-3-5-6(8(12)13)7(11)10-4-9-5/h4H,2-3H2,1H3,(H,12,13)(H,9,10,11). The molecule has 0 atom stereocenters. The summed E-state index contributed by atoms with van der Waals surface area (Å²) in [5, 5.41) is 8.71. The Labute approximate surface area is 74.4 Å². The first-order valence-corrected chi connectivity index (χ1v) is 3.96. The summed E-state index contributed by atoms with van der Waals surface area (Å²) >= 11 is 0. The third kappa shape index (κ3) is 1.93. The molecule has 0 aliphatic heterocycles. The fraction of sp³-hybridized carbons (Fsp3) is 0.375. The van der Waals surface area contributed by atoms with E-state index in [1.807, 2.05) is 6.92 Å². The van der Waals surface area contributed by atoms with Gasteiger partial charge in [0.1, 0.15) is 5.56 Å². The molecule has 1 aromatic rings. The molecule has 5 nitrogen and oxygen atoms in total. The Morgan fingerprint density at radius 2 is 2.38 bits per heavy atom. The second-order valence-corrected chi connectivity index (χ2v) is 2.61. The van der Waals surface area contributed by atoms with Gasteiger partial charge in [-0.3, -0.25) is 4.79 Å². The number of carbonyl (C=O) groups is 1. The molecule has 0 spiro atoms. The van der Waals surface area contributed by atoms with Gasteiger partial charge in [0.15, 0.2) is 0 Å². The molecule has 0 fully saturated rings. The van der Waals surface area contributed by atoms with E-state index in [0.717, 1.165) is 6.42 Å². The summed E-state index contributed by atoms with van der Waals surface area (Å²) in [6.45, 7) is 1.90. The number of rotatable bonds is 3. The van der Waals surface area contributed by atoms with Crippen molar-refractivity contribution < 1.29 is 9.90 Å². The van der Waals surface area contributed by atoms with Crippen LogP contribution in [0.1, 0.15) is 29.4 Å². The van der Waals surface area contributed by atoms with Crippen molar-refractivity contribution in [2.75, 3.05) is 0 Å². The van der Waals surface area contributed by atoms with Gasteiger partial charge in [-0.05, 0) is 6.42 Å². The van der Waals surface area contributed by atoms with Crippen LogP contribution in [-0.2, 0) is 6.42 Å². The Kier molecular flexibility index (Phi) is 2.79. The Balaban J connectivity index is 3.26. The molecule has 0 saturated carbocycles. The van der Waals surface area contributed by atoms with Gasteiger partial charge in [0, 0.05) is 0 Å². The van der Waals surface area contributed by atoms with Gasteiger partial charge >= 0.3 is 5.97 Å². The first-order valence-electron chi connectivity index (χ1n) is 3.96. The van der Waals surface area contributed by atoms with Gasteiger partial charge in [0.25, 0.3) is 5.56 Å². The number of aromatic nitrogens is 2. The number of nitrogens with one attached hydrogen (secondary N) is 1. The maximum absolute atomic E-state index is 11.1. The van der Waals surface area contributed by atoms with Crippen molar-refractivity contribution in [1.82, 2.24) is 9.97 Å². The van der Waals surface area contributed by atoms with Crippen LogP contribution < -0.4 is 5.56 Å². The van der Waals surface area contributed by atoms with E-state index in [0.29, 0.717) is 12.1 Å². The van der Waals surface area contributed by atoms with Crippen molar-refractivity contribution >= 4 is 5.97 Å². The molecule has 1 heterocycles. The quantitative estimate of drug-likeness (QED) is 0.709. The SMILES string of the molecule is CCCc1nc[nH]c(=O)c1C(=O)O. The van der Waals surface area contributed by atoms with E-state index < -0.39 is 11.5 Å². The number of aromatic carboxylic acids is 1. The van der Waals surface area contributed by atoms with Crippen LogP contribution in [0.25, 0.3) is 0 Å². The number of carboxylic acids is 1. The van der Waals surface area contributed by atoms with E-state index >= 15 is 0 Å². The third-order valence-electron chi connectivity index (χ3n) is 1.63. The average Bonchev–Trinajstić information content (AvgIpc) is 2.04. The Morgan fingerprint density at radius 1 is 1.69 bits per heavy atom. The van der Waals surface area contributed by atoms with Crippen LogP contribution in [0.5, 0.6) is 0 Å². The molecule has 0 amide bonds. The summed E-state index contributed by atoms with van der Waals surface area (Å²) in [4.78, 5) is 27.8. The minimum Gasteiger partial charge on any atom is -0.477 e. The topological polar surface area (TPSA) is 83.0 Å². The summed E-state index contributed by atoms with van der Waals surface area (Å²) in [6, 6.07) is 0.